The first-order valence-corrected chi connectivity index (χ1v) is 9.47. The van der Waals surface area contributed by atoms with Gasteiger partial charge >= 0.3 is 5.97 Å². The largest absolute Gasteiger partial charge is 0.480 e. The Morgan fingerprint density at radius 3 is 2.31 bits per heavy atom. The van der Waals surface area contributed by atoms with Gasteiger partial charge in [-0.05, 0) is 23.7 Å². The first-order chi connectivity index (χ1) is 12.4. The van der Waals surface area contributed by atoms with E-state index in [1.165, 1.54) is 0 Å². The van der Waals surface area contributed by atoms with Crippen molar-refractivity contribution in [1.82, 2.24) is 10.6 Å². The molecule has 1 aromatic carbocycles. The van der Waals surface area contributed by atoms with Crippen molar-refractivity contribution in [1.29, 1.82) is 0 Å². The Labute approximate surface area is 160 Å². The molecule has 144 valence electrons. The van der Waals surface area contributed by atoms with Crippen molar-refractivity contribution >= 4 is 30.4 Å². The Morgan fingerprint density at radius 2 is 1.77 bits per heavy atom. The van der Waals surface area contributed by atoms with E-state index in [4.69, 9.17) is 0 Å². The van der Waals surface area contributed by atoms with Crippen LogP contribution in [0, 0.1) is 5.92 Å². The molecule has 1 aromatic rings. The van der Waals surface area contributed by atoms with Crippen molar-refractivity contribution in [2.24, 2.45) is 5.92 Å². The van der Waals surface area contributed by atoms with Crippen LogP contribution in [0.15, 0.2) is 30.3 Å². The van der Waals surface area contributed by atoms with Gasteiger partial charge in [0.25, 0.3) is 0 Å². The molecule has 3 atom stereocenters. The van der Waals surface area contributed by atoms with Crippen LogP contribution in [0.5, 0.6) is 0 Å². The average Bonchev–Trinajstić information content (AvgIpc) is 2.61. The number of hydrogen-bond donors (Lipinski definition) is 4. The number of carboxylic acids is 1. The molecule has 0 aliphatic rings. The summed E-state index contributed by atoms with van der Waals surface area (Å²) >= 11 is 4.03. The third-order valence-electron chi connectivity index (χ3n) is 4.20. The maximum absolute atomic E-state index is 12.6. The van der Waals surface area contributed by atoms with Crippen LogP contribution in [0.2, 0.25) is 0 Å². The lowest BCUT2D eigenvalue weighted by Crippen LogP contribution is -2.52. The monoisotopic (exact) mass is 380 g/mol. The maximum Gasteiger partial charge on any atom is 0.326 e. The second-order valence-electron chi connectivity index (χ2n) is 6.44. The molecule has 6 nitrogen and oxygen atoms in total. The molecule has 0 radical (unpaired) electrons. The molecule has 0 saturated carbocycles. The second-order valence-corrected chi connectivity index (χ2v) is 6.89. The van der Waals surface area contributed by atoms with Crippen LogP contribution in [0.25, 0.3) is 0 Å². The Kier molecular flexibility index (Phi) is 9.80. The topological polar surface area (TPSA) is 95.5 Å². The quantitative estimate of drug-likeness (QED) is 0.442. The van der Waals surface area contributed by atoms with Gasteiger partial charge in [0.15, 0.2) is 0 Å². The van der Waals surface area contributed by atoms with Gasteiger partial charge in [-0.2, -0.15) is 12.6 Å². The molecule has 1 unspecified atom stereocenters. The SMILES string of the molecule is CCC(C)CC(=O)N[C@@H](Cc1ccccc1)C(=O)N[C@@H](CCS)C(=O)O. The number of rotatable bonds is 11. The van der Waals surface area contributed by atoms with Gasteiger partial charge in [-0.1, -0.05) is 50.6 Å². The fourth-order valence-corrected chi connectivity index (χ4v) is 2.69. The zero-order chi connectivity index (χ0) is 19.5. The lowest BCUT2D eigenvalue weighted by molar-refractivity contribution is -0.142. The Hall–Kier alpha value is -2.02. The van der Waals surface area contributed by atoms with Crippen LogP contribution >= 0.6 is 12.6 Å². The molecule has 2 amide bonds. The van der Waals surface area contributed by atoms with Crippen LogP contribution in [0.3, 0.4) is 0 Å². The maximum atomic E-state index is 12.6. The van der Waals surface area contributed by atoms with E-state index in [-0.39, 0.29) is 18.2 Å². The van der Waals surface area contributed by atoms with Gasteiger partial charge in [0, 0.05) is 12.8 Å². The van der Waals surface area contributed by atoms with Gasteiger partial charge < -0.3 is 15.7 Å². The number of nitrogens with one attached hydrogen (secondary N) is 2. The van der Waals surface area contributed by atoms with E-state index >= 15 is 0 Å². The highest BCUT2D eigenvalue weighted by molar-refractivity contribution is 7.80. The summed E-state index contributed by atoms with van der Waals surface area (Å²) in [5.74, 6) is -1.28. The smallest absolute Gasteiger partial charge is 0.326 e. The van der Waals surface area contributed by atoms with Crippen molar-refractivity contribution < 1.29 is 19.5 Å². The fourth-order valence-electron chi connectivity index (χ4n) is 2.43. The number of carbonyl (C=O) groups is 3. The van der Waals surface area contributed by atoms with E-state index in [1.54, 1.807) is 0 Å². The van der Waals surface area contributed by atoms with Crippen LogP contribution in [0.1, 0.15) is 38.7 Å². The molecule has 0 fully saturated rings. The standard InChI is InChI=1S/C19H28N2O4S/c1-3-13(2)11-17(22)20-16(12-14-7-5-4-6-8-14)18(23)21-15(9-10-26)19(24)25/h4-8,13,15-16,26H,3,9-12H2,1-2H3,(H,20,22)(H,21,23)(H,24,25)/t13?,15-,16-/m0/s1. The van der Waals surface area contributed by atoms with Crippen molar-refractivity contribution in [2.45, 2.75) is 51.6 Å². The Morgan fingerprint density at radius 1 is 1.12 bits per heavy atom. The number of amides is 2. The highest BCUT2D eigenvalue weighted by Gasteiger charge is 2.26. The predicted molar refractivity (Wildman–Crippen MR) is 104 cm³/mol. The minimum absolute atomic E-state index is 0.211. The average molecular weight is 381 g/mol. The van der Waals surface area contributed by atoms with Gasteiger partial charge in [-0.25, -0.2) is 4.79 Å². The normalized spacial score (nSPS) is 14.1. The van der Waals surface area contributed by atoms with E-state index in [2.05, 4.69) is 23.3 Å². The van der Waals surface area contributed by atoms with E-state index in [0.29, 0.717) is 18.6 Å². The molecule has 7 heteroatoms. The molecule has 0 aliphatic carbocycles. The molecule has 0 aliphatic heterocycles. The third-order valence-corrected chi connectivity index (χ3v) is 4.46. The van der Waals surface area contributed by atoms with Gasteiger partial charge in [-0.15, -0.1) is 0 Å². The Balaban J connectivity index is 2.86. The van der Waals surface area contributed by atoms with Crippen LogP contribution in [-0.4, -0.2) is 40.7 Å². The first kappa shape index (κ1) is 22.0. The Bertz CT molecular complexity index is 594. The summed E-state index contributed by atoms with van der Waals surface area (Å²) in [5, 5.41) is 14.5. The molecular weight excluding hydrogens is 352 g/mol. The predicted octanol–water partition coefficient (Wildman–Crippen LogP) is 2.04. The molecular formula is C19H28N2O4S. The molecule has 0 aromatic heterocycles. The van der Waals surface area contributed by atoms with Crippen molar-refractivity contribution in [3.63, 3.8) is 0 Å². The lowest BCUT2D eigenvalue weighted by Gasteiger charge is -2.22. The minimum Gasteiger partial charge on any atom is -0.480 e. The zero-order valence-corrected chi connectivity index (χ0v) is 16.2. The molecule has 3 N–H and O–H groups in total. The highest BCUT2D eigenvalue weighted by atomic mass is 32.1. The van der Waals surface area contributed by atoms with E-state index in [0.717, 1.165) is 12.0 Å². The molecule has 0 saturated heterocycles. The van der Waals surface area contributed by atoms with Gasteiger partial charge in [0.05, 0.1) is 0 Å². The van der Waals surface area contributed by atoms with Crippen LogP contribution in [0.4, 0.5) is 0 Å². The molecule has 1 rings (SSSR count). The molecule has 0 heterocycles. The summed E-state index contributed by atoms with van der Waals surface area (Å²) in [4.78, 5) is 36.1. The number of thiol groups is 1. The number of hydrogen-bond acceptors (Lipinski definition) is 4. The van der Waals surface area contributed by atoms with Gasteiger partial charge in [0.1, 0.15) is 12.1 Å². The van der Waals surface area contributed by atoms with E-state index < -0.39 is 24.0 Å². The van der Waals surface area contributed by atoms with Gasteiger partial charge in [-0.3, -0.25) is 9.59 Å². The second kappa shape index (κ2) is 11.6. The molecule has 0 bridgehead atoms. The lowest BCUT2D eigenvalue weighted by atomic mass is 10.0. The fraction of sp³-hybridized carbons (Fsp3) is 0.526. The number of benzene rings is 1. The highest BCUT2D eigenvalue weighted by Crippen LogP contribution is 2.09. The summed E-state index contributed by atoms with van der Waals surface area (Å²) in [6.45, 7) is 3.97. The number of aliphatic carboxylic acids is 1. The third kappa shape index (κ3) is 7.91. The summed E-state index contributed by atoms with van der Waals surface area (Å²) < 4.78 is 0. The molecule has 0 spiro atoms. The summed E-state index contributed by atoms with van der Waals surface area (Å²) in [6, 6.07) is 7.46. The van der Waals surface area contributed by atoms with Crippen LogP contribution < -0.4 is 10.6 Å². The van der Waals surface area contributed by atoms with Crippen molar-refractivity contribution in [3.05, 3.63) is 35.9 Å². The summed E-state index contributed by atoms with van der Waals surface area (Å²) in [5.41, 5.74) is 0.887. The van der Waals surface area contributed by atoms with E-state index in [9.17, 15) is 19.5 Å². The molecule has 26 heavy (non-hydrogen) atoms. The van der Waals surface area contributed by atoms with E-state index in [1.807, 2.05) is 44.2 Å². The summed E-state index contributed by atoms with van der Waals surface area (Å²) in [6.07, 6.45) is 1.70. The minimum atomic E-state index is -1.11. The number of carboxylic acid groups (broad SMARTS) is 1. The van der Waals surface area contributed by atoms with Crippen LogP contribution in [-0.2, 0) is 20.8 Å². The zero-order valence-electron chi connectivity index (χ0n) is 15.3. The van der Waals surface area contributed by atoms with Crippen molar-refractivity contribution in [2.75, 3.05) is 5.75 Å². The summed E-state index contributed by atoms with van der Waals surface area (Å²) in [7, 11) is 0. The first-order valence-electron chi connectivity index (χ1n) is 8.84. The van der Waals surface area contributed by atoms with Crippen molar-refractivity contribution in [3.8, 4) is 0 Å². The number of carbonyl (C=O) groups excluding carboxylic acids is 2. The van der Waals surface area contributed by atoms with Gasteiger partial charge in [0.2, 0.25) is 11.8 Å².